The van der Waals surface area contributed by atoms with Gasteiger partial charge in [0.25, 0.3) is 0 Å². The molecule has 94 valence electrons. The molecule has 0 aliphatic heterocycles. The summed E-state index contributed by atoms with van der Waals surface area (Å²) in [6.45, 7) is 4.28. The number of carboxylic acid groups (broad SMARTS) is 2. The van der Waals surface area contributed by atoms with Gasteiger partial charge in [0.15, 0.2) is 0 Å². The van der Waals surface area contributed by atoms with E-state index in [1.807, 2.05) is 0 Å². The number of rotatable bonds is 6. The Balaban J connectivity index is 5.49. The highest BCUT2D eigenvalue weighted by Gasteiger charge is 2.42. The van der Waals surface area contributed by atoms with Crippen LogP contribution < -0.4 is 0 Å². The lowest BCUT2D eigenvalue weighted by Gasteiger charge is -2.27. The Morgan fingerprint density at radius 2 is 1.59 bits per heavy atom. The van der Waals surface area contributed by atoms with Gasteiger partial charge in [-0.1, -0.05) is 13.8 Å². The first kappa shape index (κ1) is 15.1. The summed E-state index contributed by atoms with van der Waals surface area (Å²) >= 11 is 0. The third kappa shape index (κ3) is 3.55. The lowest BCUT2D eigenvalue weighted by atomic mass is 9.73. The molecule has 0 radical (unpaired) electrons. The van der Waals surface area contributed by atoms with E-state index in [4.69, 9.17) is 15.5 Å². The van der Waals surface area contributed by atoms with Crippen LogP contribution in [0.15, 0.2) is 0 Å². The second-order valence-electron chi connectivity index (χ2n) is 4.19. The Labute approximate surface area is 98.9 Å². The van der Waals surface area contributed by atoms with Crippen LogP contribution in [0.3, 0.4) is 0 Å². The summed E-state index contributed by atoms with van der Waals surface area (Å²) in [5, 5.41) is 26.6. The lowest BCUT2D eigenvalue weighted by molar-refractivity contribution is -0.152. The maximum absolute atomic E-state index is 11.3. The van der Waals surface area contributed by atoms with Crippen LogP contribution in [0, 0.1) is 35.0 Å². The molecule has 3 unspecified atom stereocenters. The van der Waals surface area contributed by atoms with Crippen molar-refractivity contribution in [3.63, 3.8) is 0 Å². The van der Waals surface area contributed by atoms with E-state index in [1.165, 1.54) is 0 Å². The normalized spacial score (nSPS) is 15.7. The lowest BCUT2D eigenvalue weighted by Crippen LogP contribution is -2.39. The van der Waals surface area contributed by atoms with Crippen LogP contribution in [0.25, 0.3) is 0 Å². The Morgan fingerprint density at radius 3 is 1.76 bits per heavy atom. The topological polar surface area (TPSA) is 115 Å². The van der Waals surface area contributed by atoms with Gasteiger partial charge in [-0.15, -0.1) is 0 Å². The minimum absolute atomic E-state index is 0.402. The Bertz CT molecular complexity index is 355. The average molecular weight is 241 g/mol. The zero-order valence-corrected chi connectivity index (χ0v) is 9.88. The molecule has 0 amide bonds. The molecule has 0 fully saturated rings. The molecule has 0 heterocycles. The Kier molecular flexibility index (Phi) is 5.32. The van der Waals surface area contributed by atoms with Crippen molar-refractivity contribution in [3.05, 3.63) is 0 Å². The van der Waals surface area contributed by atoms with Crippen molar-refractivity contribution < 1.29 is 24.6 Å². The summed E-state index contributed by atoms with van der Waals surface area (Å²) in [4.78, 5) is 33.2. The first-order valence-corrected chi connectivity index (χ1v) is 5.09. The molecule has 6 nitrogen and oxygen atoms in total. The summed E-state index contributed by atoms with van der Waals surface area (Å²) in [5.41, 5.74) is 0. The highest BCUT2D eigenvalue weighted by atomic mass is 16.4. The summed E-state index contributed by atoms with van der Waals surface area (Å²) < 4.78 is 0. The molecule has 0 saturated heterocycles. The first-order valence-electron chi connectivity index (χ1n) is 5.09. The molecule has 0 aliphatic rings. The van der Waals surface area contributed by atoms with Gasteiger partial charge in [-0.05, 0) is 12.8 Å². The molecule has 3 atom stereocenters. The SMILES string of the molecule is CC(=O)C(C(=O)O)C(C(C)C)C(C#N)C(=O)O. The third-order valence-electron chi connectivity index (χ3n) is 2.65. The number of hydrogen-bond acceptors (Lipinski definition) is 4. The minimum Gasteiger partial charge on any atom is -0.481 e. The number of carbonyl (C=O) groups excluding carboxylic acids is 1. The van der Waals surface area contributed by atoms with Gasteiger partial charge in [0, 0.05) is 5.92 Å². The van der Waals surface area contributed by atoms with Gasteiger partial charge in [-0.25, -0.2) is 0 Å². The fraction of sp³-hybridized carbons (Fsp3) is 0.636. The van der Waals surface area contributed by atoms with Crippen molar-refractivity contribution in [3.8, 4) is 6.07 Å². The largest absolute Gasteiger partial charge is 0.481 e. The Morgan fingerprint density at radius 1 is 1.12 bits per heavy atom. The molecule has 0 aromatic rings. The maximum Gasteiger partial charge on any atom is 0.321 e. The second-order valence-corrected chi connectivity index (χ2v) is 4.19. The van der Waals surface area contributed by atoms with Crippen molar-refractivity contribution in [1.29, 1.82) is 5.26 Å². The Hall–Kier alpha value is -1.90. The predicted molar refractivity (Wildman–Crippen MR) is 56.9 cm³/mol. The fourth-order valence-electron chi connectivity index (χ4n) is 1.88. The molecule has 0 aromatic carbocycles. The quantitative estimate of drug-likeness (QED) is 0.663. The van der Waals surface area contributed by atoms with Gasteiger partial charge in [0.1, 0.15) is 17.6 Å². The standard InChI is InChI=1S/C11H15NO5/c1-5(2)8(7(4-12)10(14)15)9(6(3)13)11(16)17/h5,7-9H,1-3H3,(H,14,15)(H,16,17). The van der Waals surface area contributed by atoms with E-state index in [-0.39, 0.29) is 0 Å². The molecule has 0 bridgehead atoms. The zero-order chi connectivity index (χ0) is 13.7. The molecule has 0 aliphatic carbocycles. The van der Waals surface area contributed by atoms with Crippen LogP contribution in [0.5, 0.6) is 0 Å². The maximum atomic E-state index is 11.3. The van der Waals surface area contributed by atoms with Crippen LogP contribution in [0.4, 0.5) is 0 Å². The molecule has 2 N–H and O–H groups in total. The van der Waals surface area contributed by atoms with Crippen LogP contribution >= 0.6 is 0 Å². The van der Waals surface area contributed by atoms with Crippen LogP contribution in [0.1, 0.15) is 20.8 Å². The molecule has 6 heteroatoms. The monoisotopic (exact) mass is 241 g/mol. The fourth-order valence-corrected chi connectivity index (χ4v) is 1.88. The number of carboxylic acids is 2. The number of hydrogen-bond donors (Lipinski definition) is 2. The van der Waals surface area contributed by atoms with E-state index in [9.17, 15) is 14.4 Å². The molecular weight excluding hydrogens is 226 g/mol. The number of nitrogens with zero attached hydrogens (tertiary/aromatic N) is 1. The highest BCUT2D eigenvalue weighted by molar-refractivity contribution is 5.97. The van der Waals surface area contributed by atoms with Crippen molar-refractivity contribution in [2.45, 2.75) is 20.8 Å². The summed E-state index contributed by atoms with van der Waals surface area (Å²) in [6, 6.07) is 1.56. The molecular formula is C11H15NO5. The van der Waals surface area contributed by atoms with Crippen molar-refractivity contribution in [2.75, 3.05) is 0 Å². The molecule has 0 spiro atoms. The summed E-state index contributed by atoms with van der Waals surface area (Å²) in [5.74, 6) is -7.84. The van der Waals surface area contributed by atoms with Crippen molar-refractivity contribution in [2.24, 2.45) is 23.7 Å². The molecule has 0 saturated carbocycles. The second kappa shape index (κ2) is 5.99. The number of carbonyl (C=O) groups is 3. The van der Waals surface area contributed by atoms with Gasteiger partial charge in [0.2, 0.25) is 0 Å². The molecule has 0 rings (SSSR count). The number of aliphatic carboxylic acids is 2. The van der Waals surface area contributed by atoms with Crippen molar-refractivity contribution >= 4 is 17.7 Å². The van der Waals surface area contributed by atoms with Crippen LogP contribution in [-0.2, 0) is 14.4 Å². The molecule has 0 aromatic heterocycles. The van der Waals surface area contributed by atoms with E-state index in [1.54, 1.807) is 19.9 Å². The van der Waals surface area contributed by atoms with E-state index in [2.05, 4.69) is 0 Å². The molecule has 17 heavy (non-hydrogen) atoms. The van der Waals surface area contributed by atoms with Gasteiger partial charge in [-0.2, -0.15) is 5.26 Å². The average Bonchev–Trinajstić information content (AvgIpc) is 2.15. The van der Waals surface area contributed by atoms with E-state index >= 15 is 0 Å². The summed E-state index contributed by atoms with van der Waals surface area (Å²) in [6.07, 6.45) is 0. The van der Waals surface area contributed by atoms with E-state index < -0.39 is 41.4 Å². The number of Topliss-reactive ketones (excluding diaryl/α,β-unsaturated/α-hetero) is 1. The third-order valence-corrected chi connectivity index (χ3v) is 2.65. The van der Waals surface area contributed by atoms with Gasteiger partial charge < -0.3 is 10.2 Å². The highest BCUT2D eigenvalue weighted by Crippen LogP contribution is 2.30. The first-order chi connectivity index (χ1) is 7.73. The summed E-state index contributed by atoms with van der Waals surface area (Å²) in [7, 11) is 0. The van der Waals surface area contributed by atoms with E-state index in [0.717, 1.165) is 6.92 Å². The van der Waals surface area contributed by atoms with Crippen LogP contribution in [0.2, 0.25) is 0 Å². The van der Waals surface area contributed by atoms with Crippen molar-refractivity contribution in [1.82, 2.24) is 0 Å². The van der Waals surface area contributed by atoms with Gasteiger partial charge in [0.05, 0.1) is 6.07 Å². The smallest absolute Gasteiger partial charge is 0.321 e. The zero-order valence-electron chi connectivity index (χ0n) is 9.88. The van der Waals surface area contributed by atoms with E-state index in [0.29, 0.717) is 0 Å². The number of nitriles is 1. The minimum atomic E-state index is -1.50. The van der Waals surface area contributed by atoms with Crippen LogP contribution in [-0.4, -0.2) is 27.9 Å². The number of ketones is 1. The van der Waals surface area contributed by atoms with Gasteiger partial charge in [-0.3, -0.25) is 14.4 Å². The van der Waals surface area contributed by atoms with Gasteiger partial charge >= 0.3 is 11.9 Å². The predicted octanol–water partition coefficient (Wildman–Crippen LogP) is 0.773.